The molecule has 8 nitrogen and oxygen atoms in total. The number of benzene rings is 1. The largest absolute Gasteiger partial charge is 0.492 e. The Morgan fingerprint density at radius 3 is 3.08 bits per heavy atom. The smallest absolute Gasteiger partial charge is 0.414 e. The first-order valence-corrected chi connectivity index (χ1v) is 8.53. The molecule has 2 aliphatic heterocycles. The average Bonchev–Trinajstić information content (AvgIpc) is 3.09. The molecule has 136 valence electrons. The molecule has 2 amide bonds. The zero-order valence-electron chi connectivity index (χ0n) is 14.7. The van der Waals surface area contributed by atoms with Crippen LogP contribution in [0.2, 0.25) is 0 Å². The Labute approximate surface area is 150 Å². The van der Waals surface area contributed by atoms with Crippen LogP contribution in [-0.2, 0) is 23.0 Å². The van der Waals surface area contributed by atoms with Crippen molar-refractivity contribution < 1.29 is 19.1 Å². The maximum absolute atomic E-state index is 12.2. The molecule has 0 aliphatic carbocycles. The van der Waals surface area contributed by atoms with Crippen LogP contribution in [0.25, 0.3) is 11.3 Å². The van der Waals surface area contributed by atoms with Gasteiger partial charge in [0.1, 0.15) is 11.9 Å². The maximum Gasteiger partial charge on any atom is 0.414 e. The van der Waals surface area contributed by atoms with Crippen molar-refractivity contribution in [3.63, 3.8) is 0 Å². The zero-order chi connectivity index (χ0) is 18.3. The van der Waals surface area contributed by atoms with Crippen molar-refractivity contribution in [2.75, 3.05) is 24.6 Å². The fourth-order valence-electron chi connectivity index (χ4n) is 3.37. The first kappa shape index (κ1) is 16.4. The van der Waals surface area contributed by atoms with Crippen LogP contribution in [0.3, 0.4) is 0 Å². The highest BCUT2D eigenvalue weighted by Gasteiger charge is 2.33. The molecule has 1 saturated heterocycles. The van der Waals surface area contributed by atoms with Gasteiger partial charge in [-0.1, -0.05) is 0 Å². The fourth-order valence-corrected chi connectivity index (χ4v) is 3.37. The van der Waals surface area contributed by atoms with Crippen molar-refractivity contribution in [1.82, 2.24) is 15.1 Å². The summed E-state index contributed by atoms with van der Waals surface area (Å²) < 4.78 is 13.1. The second-order valence-electron chi connectivity index (χ2n) is 6.47. The molecule has 0 bridgehead atoms. The highest BCUT2D eigenvalue weighted by molar-refractivity contribution is 5.91. The number of carbonyl (C=O) groups is 2. The summed E-state index contributed by atoms with van der Waals surface area (Å²) in [6.45, 7) is 2.68. The van der Waals surface area contributed by atoms with Gasteiger partial charge in [0.05, 0.1) is 37.3 Å². The van der Waals surface area contributed by atoms with Gasteiger partial charge in [-0.3, -0.25) is 14.4 Å². The van der Waals surface area contributed by atoms with Crippen LogP contribution in [0, 0.1) is 0 Å². The Balaban J connectivity index is 1.60. The lowest BCUT2D eigenvalue weighted by atomic mass is 10.1. The van der Waals surface area contributed by atoms with Gasteiger partial charge in [0, 0.05) is 37.6 Å². The topological polar surface area (TPSA) is 85.7 Å². The van der Waals surface area contributed by atoms with Gasteiger partial charge in [-0.15, -0.1) is 0 Å². The van der Waals surface area contributed by atoms with E-state index in [0.29, 0.717) is 25.4 Å². The maximum atomic E-state index is 12.2. The molecule has 2 aromatic rings. The summed E-state index contributed by atoms with van der Waals surface area (Å²) in [5.74, 6) is 0.577. The molecule has 1 aromatic carbocycles. The van der Waals surface area contributed by atoms with Gasteiger partial charge >= 0.3 is 6.09 Å². The summed E-state index contributed by atoms with van der Waals surface area (Å²) in [6.07, 6.45) is 1.87. The van der Waals surface area contributed by atoms with Crippen molar-refractivity contribution in [1.29, 1.82) is 0 Å². The van der Waals surface area contributed by atoms with Crippen LogP contribution in [0.5, 0.6) is 5.75 Å². The van der Waals surface area contributed by atoms with Crippen LogP contribution < -0.4 is 15.0 Å². The van der Waals surface area contributed by atoms with E-state index >= 15 is 0 Å². The molecule has 2 aliphatic rings. The number of rotatable bonds is 3. The van der Waals surface area contributed by atoms with Gasteiger partial charge in [0.25, 0.3) is 0 Å². The highest BCUT2D eigenvalue weighted by Crippen LogP contribution is 2.38. The molecule has 0 unspecified atom stereocenters. The van der Waals surface area contributed by atoms with E-state index in [-0.39, 0.29) is 12.0 Å². The molecule has 0 spiro atoms. The van der Waals surface area contributed by atoms with Crippen LogP contribution >= 0.6 is 0 Å². The second-order valence-corrected chi connectivity index (χ2v) is 6.47. The van der Waals surface area contributed by atoms with Crippen molar-refractivity contribution in [2.45, 2.75) is 19.4 Å². The predicted molar refractivity (Wildman–Crippen MR) is 94.1 cm³/mol. The molecule has 26 heavy (non-hydrogen) atoms. The Kier molecular flexibility index (Phi) is 4.02. The third-order valence-corrected chi connectivity index (χ3v) is 4.63. The van der Waals surface area contributed by atoms with E-state index in [9.17, 15) is 9.59 Å². The van der Waals surface area contributed by atoms with Crippen LogP contribution in [-0.4, -0.2) is 47.6 Å². The van der Waals surface area contributed by atoms with Gasteiger partial charge in [-0.25, -0.2) is 4.79 Å². The summed E-state index contributed by atoms with van der Waals surface area (Å²) in [5.41, 5.74) is 3.86. The third kappa shape index (κ3) is 2.87. The van der Waals surface area contributed by atoms with Gasteiger partial charge in [-0.05, 0) is 12.1 Å². The average molecular weight is 356 g/mol. The van der Waals surface area contributed by atoms with E-state index in [1.54, 1.807) is 4.90 Å². The van der Waals surface area contributed by atoms with E-state index < -0.39 is 6.09 Å². The van der Waals surface area contributed by atoms with E-state index in [1.807, 2.05) is 36.1 Å². The number of fused-ring (bicyclic) bond motifs is 3. The quantitative estimate of drug-likeness (QED) is 0.900. The lowest BCUT2D eigenvalue weighted by Crippen LogP contribution is -2.33. The molecular formula is C18H20N4O4. The van der Waals surface area contributed by atoms with Gasteiger partial charge < -0.3 is 14.8 Å². The summed E-state index contributed by atoms with van der Waals surface area (Å²) in [6, 6.07) is 5.69. The SMILES string of the molecule is CC(=O)NC[C@H]1CN(c2ccc3c(c2)OCCc2cnn(C)c2-3)C(=O)O1. The van der Waals surface area contributed by atoms with Crippen molar-refractivity contribution in [3.8, 4) is 17.0 Å². The molecule has 0 radical (unpaired) electrons. The molecule has 1 atom stereocenters. The normalized spacial score (nSPS) is 18.5. The summed E-state index contributed by atoms with van der Waals surface area (Å²) in [7, 11) is 1.91. The standard InChI is InChI=1S/C18H20N4O4/c1-11(23)19-9-14-10-22(18(24)26-14)13-3-4-15-16(7-13)25-6-5-12-8-20-21(2)17(12)15/h3-4,7-8,14H,5-6,9-10H2,1-2H3,(H,19,23)/t14-/m0/s1. The minimum Gasteiger partial charge on any atom is -0.492 e. The zero-order valence-corrected chi connectivity index (χ0v) is 14.7. The first-order chi connectivity index (χ1) is 12.5. The number of cyclic esters (lactones) is 1. The van der Waals surface area contributed by atoms with E-state index in [2.05, 4.69) is 10.4 Å². The first-order valence-electron chi connectivity index (χ1n) is 8.53. The number of amides is 2. The molecule has 1 N–H and O–H groups in total. The van der Waals surface area contributed by atoms with Crippen LogP contribution in [0.4, 0.5) is 10.5 Å². The number of nitrogens with zero attached hydrogens (tertiary/aromatic N) is 3. The van der Waals surface area contributed by atoms with Crippen LogP contribution in [0.1, 0.15) is 12.5 Å². The summed E-state index contributed by atoms with van der Waals surface area (Å²) in [4.78, 5) is 24.8. The van der Waals surface area contributed by atoms with E-state index in [0.717, 1.165) is 29.0 Å². The van der Waals surface area contributed by atoms with Gasteiger partial charge in [-0.2, -0.15) is 5.10 Å². The minimum absolute atomic E-state index is 0.148. The van der Waals surface area contributed by atoms with E-state index in [4.69, 9.17) is 9.47 Å². The predicted octanol–water partition coefficient (Wildman–Crippen LogP) is 1.48. The number of carbonyl (C=O) groups excluding carboxylic acids is 2. The number of hydrogen-bond donors (Lipinski definition) is 1. The van der Waals surface area contributed by atoms with Crippen molar-refractivity contribution in [2.24, 2.45) is 7.05 Å². The molecule has 8 heteroatoms. The summed E-state index contributed by atoms with van der Waals surface area (Å²) >= 11 is 0. The van der Waals surface area contributed by atoms with Crippen LogP contribution in [0.15, 0.2) is 24.4 Å². The fraction of sp³-hybridized carbons (Fsp3) is 0.389. The molecular weight excluding hydrogens is 336 g/mol. The number of aryl methyl sites for hydroxylation is 1. The Morgan fingerprint density at radius 1 is 1.42 bits per heavy atom. The molecule has 1 fully saturated rings. The van der Waals surface area contributed by atoms with E-state index in [1.165, 1.54) is 6.92 Å². The molecule has 1 aromatic heterocycles. The van der Waals surface area contributed by atoms with Crippen molar-refractivity contribution in [3.05, 3.63) is 30.0 Å². The lowest BCUT2D eigenvalue weighted by Gasteiger charge is -2.16. The third-order valence-electron chi connectivity index (χ3n) is 4.63. The van der Waals surface area contributed by atoms with Gasteiger partial charge in [0.15, 0.2) is 0 Å². The monoisotopic (exact) mass is 356 g/mol. The van der Waals surface area contributed by atoms with Gasteiger partial charge in [0.2, 0.25) is 5.91 Å². The molecule has 0 saturated carbocycles. The number of hydrogen-bond acceptors (Lipinski definition) is 5. The number of ether oxygens (including phenoxy) is 2. The Bertz CT molecular complexity index is 876. The highest BCUT2D eigenvalue weighted by atomic mass is 16.6. The minimum atomic E-state index is -0.421. The Morgan fingerprint density at radius 2 is 2.27 bits per heavy atom. The molecule has 4 rings (SSSR count). The number of anilines is 1. The number of aromatic nitrogens is 2. The van der Waals surface area contributed by atoms with Crippen molar-refractivity contribution >= 4 is 17.7 Å². The Hall–Kier alpha value is -3.03. The summed E-state index contributed by atoms with van der Waals surface area (Å²) in [5, 5.41) is 7.01. The second kappa shape index (κ2) is 6.36. The lowest BCUT2D eigenvalue weighted by molar-refractivity contribution is -0.119. The number of nitrogens with one attached hydrogen (secondary N) is 1. The molecule has 3 heterocycles.